The summed E-state index contributed by atoms with van der Waals surface area (Å²) in [5.74, 6) is 0.856. The number of aliphatic hydroxyl groups is 1. The predicted octanol–water partition coefficient (Wildman–Crippen LogP) is 5.17. The summed E-state index contributed by atoms with van der Waals surface area (Å²) in [6.45, 7) is 1.08. The van der Waals surface area contributed by atoms with Crippen LogP contribution in [0.3, 0.4) is 0 Å². The number of allylic oxidation sites excluding steroid dienone is 3. The Bertz CT molecular complexity index is 1210. The van der Waals surface area contributed by atoms with Crippen LogP contribution in [0.1, 0.15) is 24.0 Å². The minimum absolute atomic E-state index is 0.109. The molecule has 1 aliphatic heterocycles. The number of halogens is 1. The molecule has 5 rings (SSSR count). The van der Waals surface area contributed by atoms with Crippen molar-refractivity contribution >= 4 is 40.1 Å². The Morgan fingerprint density at radius 3 is 2.86 bits per heavy atom. The molecular formula is C21H17ClN4O2S. The lowest BCUT2D eigenvalue weighted by Crippen LogP contribution is -2.07. The van der Waals surface area contributed by atoms with Gasteiger partial charge in [-0.2, -0.15) is 9.97 Å². The van der Waals surface area contributed by atoms with Crippen LogP contribution >= 0.6 is 23.4 Å². The highest BCUT2D eigenvalue weighted by Gasteiger charge is 2.21. The first-order valence-corrected chi connectivity index (χ1v) is 10.4. The van der Waals surface area contributed by atoms with Crippen molar-refractivity contribution < 1.29 is 9.84 Å². The fourth-order valence-corrected chi connectivity index (χ4v) is 4.87. The van der Waals surface area contributed by atoms with Crippen LogP contribution < -0.4 is 5.73 Å². The number of hydrogen-bond donors (Lipinski definition) is 2. The van der Waals surface area contributed by atoms with Crippen LogP contribution in [0.2, 0.25) is 5.02 Å². The summed E-state index contributed by atoms with van der Waals surface area (Å²) in [7, 11) is 0. The number of ether oxygens (including phenoxy) is 1. The number of anilines is 1. The second kappa shape index (κ2) is 7.33. The molecule has 146 valence electrons. The summed E-state index contributed by atoms with van der Waals surface area (Å²) in [4.78, 5) is 13.9. The van der Waals surface area contributed by atoms with Gasteiger partial charge >= 0.3 is 0 Å². The molecular weight excluding hydrogens is 408 g/mol. The SMILES string of the molecule is Nc1nc(SC2=C(O)CCC=C2)nc(-c2c(Cl)cc3c4c(cccc24)COC3)n1. The maximum Gasteiger partial charge on any atom is 0.224 e. The maximum atomic E-state index is 10.1. The maximum absolute atomic E-state index is 10.1. The van der Waals surface area contributed by atoms with Gasteiger partial charge in [0, 0.05) is 12.0 Å². The van der Waals surface area contributed by atoms with E-state index in [0.717, 1.165) is 33.9 Å². The lowest BCUT2D eigenvalue weighted by Gasteiger charge is -2.20. The molecule has 6 nitrogen and oxygen atoms in total. The van der Waals surface area contributed by atoms with E-state index >= 15 is 0 Å². The van der Waals surface area contributed by atoms with Crippen LogP contribution in [0, 0.1) is 0 Å². The number of aliphatic hydroxyl groups excluding tert-OH is 1. The van der Waals surface area contributed by atoms with E-state index in [-0.39, 0.29) is 5.95 Å². The zero-order valence-corrected chi connectivity index (χ0v) is 16.9. The van der Waals surface area contributed by atoms with E-state index < -0.39 is 0 Å². The Labute approximate surface area is 176 Å². The Balaban J connectivity index is 1.66. The van der Waals surface area contributed by atoms with Gasteiger partial charge in [-0.3, -0.25) is 0 Å². The molecule has 0 atom stereocenters. The number of hydrogen-bond acceptors (Lipinski definition) is 7. The molecule has 2 aromatic carbocycles. The Morgan fingerprint density at radius 1 is 1.14 bits per heavy atom. The smallest absolute Gasteiger partial charge is 0.224 e. The molecule has 1 aliphatic carbocycles. The van der Waals surface area contributed by atoms with Gasteiger partial charge in [0.2, 0.25) is 5.95 Å². The Kier molecular flexibility index (Phi) is 4.66. The molecule has 2 aliphatic rings. The monoisotopic (exact) mass is 424 g/mol. The van der Waals surface area contributed by atoms with Crippen molar-refractivity contribution in [2.24, 2.45) is 0 Å². The van der Waals surface area contributed by atoms with Crippen molar-refractivity contribution in [1.82, 2.24) is 15.0 Å². The average Bonchev–Trinajstić information content (AvgIpc) is 2.70. The van der Waals surface area contributed by atoms with Gasteiger partial charge in [-0.05, 0) is 52.2 Å². The molecule has 2 heterocycles. The minimum Gasteiger partial charge on any atom is -0.511 e. The third kappa shape index (κ3) is 3.35. The third-order valence-electron chi connectivity index (χ3n) is 4.95. The van der Waals surface area contributed by atoms with Crippen LogP contribution in [0.15, 0.2) is 52.2 Å². The van der Waals surface area contributed by atoms with Gasteiger partial charge in [-0.25, -0.2) is 4.98 Å². The summed E-state index contributed by atoms with van der Waals surface area (Å²) in [5, 5.41) is 13.2. The van der Waals surface area contributed by atoms with Crippen LogP contribution in [0.4, 0.5) is 5.95 Å². The molecule has 3 aromatic rings. The summed E-state index contributed by atoms with van der Waals surface area (Å²) in [5.41, 5.74) is 8.88. The van der Waals surface area contributed by atoms with E-state index in [2.05, 4.69) is 21.0 Å². The highest BCUT2D eigenvalue weighted by atomic mass is 35.5. The lowest BCUT2D eigenvalue weighted by atomic mass is 9.94. The first kappa shape index (κ1) is 18.4. The standard InChI is InChI=1S/C21H17ClN4O2S/c22-14-8-12-10-28-9-11-4-3-5-13(17(11)12)18(14)19-24-20(23)26-21(25-19)29-16-7-2-1-6-15(16)27/h2-5,7-8,27H,1,6,9-10H2,(H2,23,24,25,26). The van der Waals surface area contributed by atoms with Gasteiger partial charge in [0.1, 0.15) is 5.76 Å². The summed E-state index contributed by atoms with van der Waals surface area (Å²) in [6.07, 6.45) is 5.31. The summed E-state index contributed by atoms with van der Waals surface area (Å²) >= 11 is 7.92. The molecule has 0 saturated heterocycles. The molecule has 3 N–H and O–H groups in total. The molecule has 1 aromatic heterocycles. The van der Waals surface area contributed by atoms with Gasteiger partial charge in [-0.15, -0.1) is 0 Å². The molecule has 8 heteroatoms. The molecule has 0 fully saturated rings. The Morgan fingerprint density at radius 2 is 2.00 bits per heavy atom. The zero-order valence-electron chi connectivity index (χ0n) is 15.4. The normalized spacial score (nSPS) is 15.9. The molecule has 0 saturated carbocycles. The van der Waals surface area contributed by atoms with Crippen molar-refractivity contribution in [1.29, 1.82) is 0 Å². The van der Waals surface area contributed by atoms with Crippen LogP contribution in [0.25, 0.3) is 22.2 Å². The first-order chi connectivity index (χ1) is 14.1. The van der Waals surface area contributed by atoms with E-state index in [1.807, 2.05) is 30.4 Å². The average molecular weight is 425 g/mol. The number of aromatic nitrogens is 3. The fourth-order valence-electron chi connectivity index (χ4n) is 3.70. The first-order valence-electron chi connectivity index (χ1n) is 9.19. The minimum atomic E-state index is 0.109. The predicted molar refractivity (Wildman–Crippen MR) is 115 cm³/mol. The highest BCUT2D eigenvalue weighted by Crippen LogP contribution is 2.40. The van der Waals surface area contributed by atoms with Gasteiger partial charge in [-0.1, -0.05) is 35.9 Å². The van der Waals surface area contributed by atoms with Crippen LogP contribution in [-0.4, -0.2) is 20.1 Å². The fraction of sp³-hybridized carbons (Fsp3) is 0.190. The van der Waals surface area contributed by atoms with Gasteiger partial charge in [0.05, 0.1) is 23.1 Å². The number of thioether (sulfide) groups is 1. The van der Waals surface area contributed by atoms with Crippen LogP contribution in [0.5, 0.6) is 0 Å². The van der Waals surface area contributed by atoms with Gasteiger partial charge in [0.25, 0.3) is 0 Å². The quantitative estimate of drug-likeness (QED) is 0.598. The van der Waals surface area contributed by atoms with E-state index in [9.17, 15) is 5.11 Å². The summed E-state index contributed by atoms with van der Waals surface area (Å²) in [6, 6.07) is 7.95. The number of nitrogens with two attached hydrogens (primary N) is 1. The molecule has 29 heavy (non-hydrogen) atoms. The topological polar surface area (TPSA) is 94.2 Å². The zero-order chi connectivity index (χ0) is 20.0. The van der Waals surface area contributed by atoms with Crippen molar-refractivity contribution in [2.75, 3.05) is 5.73 Å². The number of nitrogen functional groups attached to an aromatic ring is 1. The van der Waals surface area contributed by atoms with Crippen molar-refractivity contribution in [3.8, 4) is 11.4 Å². The molecule has 0 bridgehead atoms. The van der Waals surface area contributed by atoms with Crippen molar-refractivity contribution in [3.63, 3.8) is 0 Å². The number of nitrogens with zero attached hydrogens (tertiary/aromatic N) is 3. The van der Waals surface area contributed by atoms with Crippen molar-refractivity contribution in [3.05, 3.63) is 63.2 Å². The van der Waals surface area contributed by atoms with Crippen LogP contribution in [-0.2, 0) is 18.0 Å². The van der Waals surface area contributed by atoms with Gasteiger partial charge < -0.3 is 15.6 Å². The largest absolute Gasteiger partial charge is 0.511 e. The number of benzene rings is 2. The lowest BCUT2D eigenvalue weighted by molar-refractivity contribution is 0.103. The van der Waals surface area contributed by atoms with E-state index in [1.54, 1.807) is 0 Å². The van der Waals surface area contributed by atoms with E-state index in [4.69, 9.17) is 22.1 Å². The molecule has 0 spiro atoms. The highest BCUT2D eigenvalue weighted by molar-refractivity contribution is 8.03. The second-order valence-electron chi connectivity index (χ2n) is 6.88. The molecule has 0 unspecified atom stereocenters. The third-order valence-corrected chi connectivity index (χ3v) is 6.21. The second-order valence-corrected chi connectivity index (χ2v) is 8.30. The van der Waals surface area contributed by atoms with Gasteiger partial charge in [0.15, 0.2) is 11.0 Å². The van der Waals surface area contributed by atoms with E-state index in [0.29, 0.717) is 46.3 Å². The van der Waals surface area contributed by atoms with Crippen molar-refractivity contribution in [2.45, 2.75) is 31.2 Å². The molecule has 0 amide bonds. The number of rotatable bonds is 3. The molecule has 0 radical (unpaired) electrons. The Hall–Kier alpha value is -2.61. The van der Waals surface area contributed by atoms with E-state index in [1.165, 1.54) is 11.8 Å². The summed E-state index contributed by atoms with van der Waals surface area (Å²) < 4.78 is 5.66.